The monoisotopic (exact) mass is 273 g/mol. The van der Waals surface area contributed by atoms with Crippen LogP contribution in [-0.2, 0) is 9.53 Å². The summed E-state index contributed by atoms with van der Waals surface area (Å²) in [5.74, 6) is 5.75. The van der Waals surface area contributed by atoms with E-state index in [2.05, 4.69) is 17.2 Å². The molecule has 0 aromatic heterocycles. The minimum Gasteiger partial charge on any atom is -0.395 e. The first-order valence-corrected chi connectivity index (χ1v) is 6.81. The summed E-state index contributed by atoms with van der Waals surface area (Å²) < 4.78 is 5.40. The minimum absolute atomic E-state index is 0.00784. The Hall–Kier alpha value is -1.83. The Bertz CT molecular complexity index is 513. The lowest BCUT2D eigenvalue weighted by molar-refractivity contribution is -0.119. The van der Waals surface area contributed by atoms with Gasteiger partial charge in [-0.25, -0.2) is 0 Å². The van der Waals surface area contributed by atoms with Crippen molar-refractivity contribution in [2.24, 2.45) is 5.92 Å². The first kappa shape index (κ1) is 14.6. The van der Waals surface area contributed by atoms with Gasteiger partial charge in [0.25, 0.3) is 0 Å². The van der Waals surface area contributed by atoms with Crippen molar-refractivity contribution in [1.29, 1.82) is 0 Å². The molecule has 2 unspecified atom stereocenters. The Morgan fingerprint density at radius 1 is 1.45 bits per heavy atom. The third kappa shape index (κ3) is 4.09. The Labute approximate surface area is 119 Å². The van der Waals surface area contributed by atoms with Crippen molar-refractivity contribution in [2.75, 3.05) is 18.5 Å². The molecule has 0 radical (unpaired) electrons. The summed E-state index contributed by atoms with van der Waals surface area (Å²) in [6.07, 6.45) is 1.41. The van der Waals surface area contributed by atoms with E-state index in [9.17, 15) is 4.79 Å². The fourth-order valence-electron chi connectivity index (χ4n) is 2.10. The number of nitrogens with one attached hydrogen (secondary N) is 1. The van der Waals surface area contributed by atoms with Crippen LogP contribution in [0.15, 0.2) is 24.3 Å². The van der Waals surface area contributed by atoms with Crippen LogP contribution in [0.1, 0.15) is 25.3 Å². The van der Waals surface area contributed by atoms with E-state index in [0.29, 0.717) is 13.0 Å². The largest absolute Gasteiger partial charge is 0.395 e. The zero-order valence-corrected chi connectivity index (χ0v) is 11.6. The predicted molar refractivity (Wildman–Crippen MR) is 77.2 cm³/mol. The van der Waals surface area contributed by atoms with Crippen molar-refractivity contribution in [3.63, 3.8) is 0 Å². The number of carbonyl (C=O) groups is 1. The van der Waals surface area contributed by atoms with E-state index in [4.69, 9.17) is 9.84 Å². The van der Waals surface area contributed by atoms with E-state index in [1.54, 1.807) is 0 Å². The molecule has 2 rings (SSSR count). The molecule has 0 aliphatic carbocycles. The smallest absolute Gasteiger partial charge is 0.229 e. The molecule has 2 atom stereocenters. The molecule has 1 heterocycles. The maximum atomic E-state index is 12.0. The number of ether oxygens (including phenoxy) is 1. The summed E-state index contributed by atoms with van der Waals surface area (Å²) in [5.41, 5.74) is 1.64. The number of anilines is 1. The van der Waals surface area contributed by atoms with E-state index >= 15 is 0 Å². The highest BCUT2D eigenvalue weighted by Gasteiger charge is 2.28. The van der Waals surface area contributed by atoms with Gasteiger partial charge in [0.2, 0.25) is 5.91 Å². The number of rotatable bonds is 3. The summed E-state index contributed by atoms with van der Waals surface area (Å²) in [4.78, 5) is 12.0. The molecule has 1 aliphatic rings. The minimum atomic E-state index is -0.0611. The molecule has 0 saturated carbocycles. The van der Waals surface area contributed by atoms with Crippen LogP contribution >= 0.6 is 0 Å². The summed E-state index contributed by atoms with van der Waals surface area (Å²) in [7, 11) is 0. The van der Waals surface area contributed by atoms with Gasteiger partial charge in [0, 0.05) is 17.7 Å². The Balaban J connectivity index is 1.90. The molecule has 1 aromatic carbocycles. The zero-order valence-electron chi connectivity index (χ0n) is 11.6. The van der Waals surface area contributed by atoms with E-state index in [0.717, 1.165) is 17.7 Å². The summed E-state index contributed by atoms with van der Waals surface area (Å²) in [5, 5.41) is 11.5. The molecule has 0 spiro atoms. The fraction of sp³-hybridized carbons (Fsp3) is 0.438. The number of hydrogen-bond donors (Lipinski definition) is 2. The number of benzene rings is 1. The second kappa shape index (κ2) is 7.09. The van der Waals surface area contributed by atoms with Crippen molar-refractivity contribution < 1.29 is 14.6 Å². The standard InChI is InChI=1S/C16H19NO3/c1-12-10-14(11-20-12)16(19)17-15-7-5-13(6-8-15)4-2-3-9-18/h5-8,12,14,18H,3,9-11H2,1H3,(H,17,19). The van der Waals surface area contributed by atoms with Crippen LogP contribution in [0, 0.1) is 17.8 Å². The lowest BCUT2D eigenvalue weighted by Crippen LogP contribution is -2.22. The van der Waals surface area contributed by atoms with Crippen molar-refractivity contribution in [3.8, 4) is 11.8 Å². The van der Waals surface area contributed by atoms with Crippen LogP contribution in [0.3, 0.4) is 0 Å². The first-order chi connectivity index (χ1) is 9.69. The van der Waals surface area contributed by atoms with Gasteiger partial charge in [0.15, 0.2) is 0 Å². The second-order valence-corrected chi connectivity index (χ2v) is 4.92. The summed E-state index contributed by atoms with van der Waals surface area (Å²) >= 11 is 0. The number of hydrogen-bond acceptors (Lipinski definition) is 3. The molecule has 1 amide bonds. The summed E-state index contributed by atoms with van der Waals surface area (Å²) in [6, 6.07) is 7.38. The van der Waals surface area contributed by atoms with Crippen molar-refractivity contribution in [2.45, 2.75) is 25.9 Å². The lowest BCUT2D eigenvalue weighted by atomic mass is 10.1. The second-order valence-electron chi connectivity index (χ2n) is 4.92. The number of carbonyl (C=O) groups excluding carboxylic acids is 1. The van der Waals surface area contributed by atoms with Gasteiger partial charge in [0.05, 0.1) is 25.2 Å². The van der Waals surface area contributed by atoms with Crippen LogP contribution in [0.4, 0.5) is 5.69 Å². The van der Waals surface area contributed by atoms with E-state index < -0.39 is 0 Å². The third-order valence-electron chi connectivity index (χ3n) is 3.19. The molecular weight excluding hydrogens is 254 g/mol. The van der Waals surface area contributed by atoms with Crippen LogP contribution in [-0.4, -0.2) is 30.3 Å². The summed E-state index contributed by atoms with van der Waals surface area (Å²) in [6.45, 7) is 2.55. The highest BCUT2D eigenvalue weighted by molar-refractivity contribution is 5.92. The van der Waals surface area contributed by atoms with Gasteiger partial charge in [-0.2, -0.15) is 0 Å². The van der Waals surface area contributed by atoms with Gasteiger partial charge >= 0.3 is 0 Å². The molecule has 20 heavy (non-hydrogen) atoms. The maximum absolute atomic E-state index is 12.0. The van der Waals surface area contributed by atoms with Crippen LogP contribution in [0.2, 0.25) is 0 Å². The molecule has 1 saturated heterocycles. The Morgan fingerprint density at radius 3 is 2.80 bits per heavy atom. The van der Waals surface area contributed by atoms with Crippen LogP contribution in [0.25, 0.3) is 0 Å². The molecular formula is C16H19NO3. The molecule has 1 aliphatic heterocycles. The highest BCUT2D eigenvalue weighted by Crippen LogP contribution is 2.21. The predicted octanol–water partition coefficient (Wildman–Crippen LogP) is 1.78. The van der Waals surface area contributed by atoms with Crippen LogP contribution < -0.4 is 5.32 Å². The van der Waals surface area contributed by atoms with Crippen LogP contribution in [0.5, 0.6) is 0 Å². The molecule has 2 N–H and O–H groups in total. The normalized spacial score (nSPS) is 21.1. The van der Waals surface area contributed by atoms with Gasteiger partial charge in [-0.1, -0.05) is 11.8 Å². The Morgan fingerprint density at radius 2 is 2.20 bits per heavy atom. The average Bonchev–Trinajstić information content (AvgIpc) is 2.88. The molecule has 4 heteroatoms. The SMILES string of the molecule is CC1CC(C(=O)Nc2ccc(C#CCCO)cc2)CO1. The first-order valence-electron chi connectivity index (χ1n) is 6.81. The third-order valence-corrected chi connectivity index (χ3v) is 3.19. The molecule has 1 aromatic rings. The Kier molecular flexibility index (Phi) is 5.16. The topological polar surface area (TPSA) is 58.6 Å². The van der Waals surface area contributed by atoms with E-state index in [-0.39, 0.29) is 24.5 Å². The van der Waals surface area contributed by atoms with Crippen molar-refractivity contribution in [3.05, 3.63) is 29.8 Å². The van der Waals surface area contributed by atoms with Crippen molar-refractivity contribution >= 4 is 11.6 Å². The fourth-order valence-corrected chi connectivity index (χ4v) is 2.10. The average molecular weight is 273 g/mol. The zero-order chi connectivity index (χ0) is 14.4. The van der Waals surface area contributed by atoms with Gasteiger partial charge in [0.1, 0.15) is 0 Å². The van der Waals surface area contributed by atoms with Gasteiger partial charge in [-0.15, -0.1) is 0 Å². The number of aliphatic hydroxyl groups is 1. The number of amides is 1. The van der Waals surface area contributed by atoms with E-state index in [1.165, 1.54) is 0 Å². The molecule has 1 fully saturated rings. The van der Waals surface area contributed by atoms with Crippen molar-refractivity contribution in [1.82, 2.24) is 0 Å². The maximum Gasteiger partial charge on any atom is 0.229 e. The van der Waals surface area contributed by atoms with Gasteiger partial charge in [-0.05, 0) is 37.6 Å². The quantitative estimate of drug-likeness (QED) is 0.825. The molecule has 4 nitrogen and oxygen atoms in total. The lowest BCUT2D eigenvalue weighted by Gasteiger charge is -2.09. The number of aliphatic hydroxyl groups excluding tert-OH is 1. The molecule has 106 valence electrons. The van der Waals surface area contributed by atoms with E-state index in [1.807, 2.05) is 31.2 Å². The van der Waals surface area contributed by atoms with Gasteiger partial charge in [-0.3, -0.25) is 4.79 Å². The highest BCUT2D eigenvalue weighted by atomic mass is 16.5. The van der Waals surface area contributed by atoms with Gasteiger partial charge < -0.3 is 15.2 Å². The molecule has 0 bridgehead atoms.